The summed E-state index contributed by atoms with van der Waals surface area (Å²) in [5.74, 6) is 0.730. The number of hydrogen-bond donors (Lipinski definition) is 1. The number of rotatable bonds is 4. The van der Waals surface area contributed by atoms with Crippen LogP contribution in [-0.2, 0) is 11.3 Å². The molecule has 0 radical (unpaired) electrons. The molecule has 1 atom stereocenters. The summed E-state index contributed by atoms with van der Waals surface area (Å²) in [5.41, 5.74) is 7.67. The SMILES string of the molecule is COCCn1c(C)cc2c(c1=O)C(c1cc3c(cc1Br)OCO3)C(C#N)=C(N)O2. The maximum absolute atomic E-state index is 13.4. The third-order valence-electron chi connectivity index (χ3n) is 5.01. The van der Waals surface area contributed by atoms with E-state index in [0.29, 0.717) is 51.7 Å². The van der Waals surface area contributed by atoms with Crippen LogP contribution in [0, 0.1) is 18.3 Å². The van der Waals surface area contributed by atoms with E-state index in [1.54, 1.807) is 29.9 Å². The van der Waals surface area contributed by atoms with Crippen LogP contribution in [0.25, 0.3) is 0 Å². The molecule has 0 saturated heterocycles. The summed E-state index contributed by atoms with van der Waals surface area (Å²) in [6.45, 7) is 2.68. The summed E-state index contributed by atoms with van der Waals surface area (Å²) in [4.78, 5) is 13.4. The largest absolute Gasteiger partial charge is 0.454 e. The first-order valence-electron chi connectivity index (χ1n) is 8.86. The Balaban J connectivity index is 1.97. The molecular formula is C20H18BrN3O5. The van der Waals surface area contributed by atoms with Crippen LogP contribution in [0.3, 0.4) is 0 Å². The Morgan fingerprint density at radius 1 is 1.31 bits per heavy atom. The van der Waals surface area contributed by atoms with Crippen molar-refractivity contribution in [2.75, 3.05) is 20.5 Å². The molecule has 29 heavy (non-hydrogen) atoms. The van der Waals surface area contributed by atoms with Gasteiger partial charge in [0.15, 0.2) is 11.5 Å². The number of aromatic nitrogens is 1. The van der Waals surface area contributed by atoms with Crippen molar-refractivity contribution < 1.29 is 18.9 Å². The minimum absolute atomic E-state index is 0.0250. The van der Waals surface area contributed by atoms with Gasteiger partial charge in [0.1, 0.15) is 17.4 Å². The summed E-state index contributed by atoms with van der Waals surface area (Å²) < 4.78 is 24.0. The second-order valence-electron chi connectivity index (χ2n) is 6.67. The van der Waals surface area contributed by atoms with Gasteiger partial charge in [-0.15, -0.1) is 0 Å². The molecule has 1 unspecified atom stereocenters. The minimum Gasteiger partial charge on any atom is -0.454 e. The Hall–Kier alpha value is -2.96. The zero-order valence-corrected chi connectivity index (χ0v) is 17.4. The summed E-state index contributed by atoms with van der Waals surface area (Å²) in [6.07, 6.45) is 0. The van der Waals surface area contributed by atoms with Crippen LogP contribution in [0.1, 0.15) is 22.7 Å². The Morgan fingerprint density at radius 2 is 2.03 bits per heavy atom. The smallest absolute Gasteiger partial charge is 0.258 e. The molecule has 4 rings (SSSR count). The Morgan fingerprint density at radius 3 is 2.72 bits per heavy atom. The third kappa shape index (κ3) is 3.14. The fraction of sp³-hybridized carbons (Fsp3) is 0.300. The van der Waals surface area contributed by atoms with E-state index in [4.69, 9.17) is 24.7 Å². The summed E-state index contributed by atoms with van der Waals surface area (Å²) >= 11 is 3.54. The predicted molar refractivity (Wildman–Crippen MR) is 107 cm³/mol. The Bertz CT molecular complexity index is 1130. The van der Waals surface area contributed by atoms with Crippen LogP contribution < -0.4 is 25.5 Å². The molecule has 0 aliphatic carbocycles. The number of hydrogen-bond acceptors (Lipinski definition) is 7. The highest BCUT2D eigenvalue weighted by Crippen LogP contribution is 2.46. The van der Waals surface area contributed by atoms with Crippen LogP contribution in [0.4, 0.5) is 0 Å². The van der Waals surface area contributed by atoms with E-state index < -0.39 is 5.92 Å². The number of nitrogens with two attached hydrogens (primary N) is 1. The molecule has 0 fully saturated rings. The van der Waals surface area contributed by atoms with Gasteiger partial charge in [0.25, 0.3) is 5.56 Å². The highest BCUT2D eigenvalue weighted by Gasteiger charge is 2.36. The number of aryl methyl sites for hydroxylation is 1. The maximum atomic E-state index is 13.4. The molecule has 1 aromatic heterocycles. The average molecular weight is 460 g/mol. The third-order valence-corrected chi connectivity index (χ3v) is 5.70. The number of allylic oxidation sites excluding steroid dienone is 1. The molecular weight excluding hydrogens is 442 g/mol. The van der Waals surface area contributed by atoms with Gasteiger partial charge in [0, 0.05) is 29.9 Å². The van der Waals surface area contributed by atoms with Gasteiger partial charge < -0.3 is 29.2 Å². The lowest BCUT2D eigenvalue weighted by atomic mass is 9.84. The van der Waals surface area contributed by atoms with E-state index in [0.717, 1.165) is 0 Å². The van der Waals surface area contributed by atoms with Gasteiger partial charge in [-0.25, -0.2) is 0 Å². The summed E-state index contributed by atoms with van der Waals surface area (Å²) in [7, 11) is 1.58. The van der Waals surface area contributed by atoms with E-state index in [1.165, 1.54) is 0 Å². The number of halogens is 1. The normalized spacial score (nSPS) is 17.0. The number of ether oxygens (including phenoxy) is 4. The van der Waals surface area contributed by atoms with Crippen molar-refractivity contribution in [3.8, 4) is 23.3 Å². The van der Waals surface area contributed by atoms with Gasteiger partial charge in [0.2, 0.25) is 12.7 Å². The maximum Gasteiger partial charge on any atom is 0.258 e. The van der Waals surface area contributed by atoms with Gasteiger partial charge in [-0.1, -0.05) is 15.9 Å². The van der Waals surface area contributed by atoms with Gasteiger partial charge in [-0.2, -0.15) is 5.26 Å². The molecule has 0 amide bonds. The summed E-state index contributed by atoms with van der Waals surface area (Å²) in [6, 6.07) is 7.38. The number of nitriles is 1. The van der Waals surface area contributed by atoms with Crippen LogP contribution in [0.15, 0.2) is 38.9 Å². The molecule has 2 aromatic rings. The van der Waals surface area contributed by atoms with Crippen molar-refractivity contribution in [3.05, 3.63) is 61.3 Å². The van der Waals surface area contributed by atoms with Crippen LogP contribution in [-0.4, -0.2) is 25.1 Å². The fourth-order valence-electron chi connectivity index (χ4n) is 3.61. The van der Waals surface area contributed by atoms with Crippen molar-refractivity contribution in [3.63, 3.8) is 0 Å². The molecule has 0 spiro atoms. The molecule has 150 valence electrons. The first-order chi connectivity index (χ1) is 14.0. The number of fused-ring (bicyclic) bond motifs is 2. The Kier molecular flexibility index (Phi) is 4.98. The van der Waals surface area contributed by atoms with E-state index in [1.807, 2.05) is 6.92 Å². The standard InChI is InChI=1S/C20H18BrN3O5/c1-10-5-16-18(20(25)24(10)3-4-26-2)17(12(8-22)19(23)29-16)11-6-14-15(7-13(11)21)28-9-27-14/h5-7,17H,3-4,9,23H2,1-2H3. The molecule has 0 saturated carbocycles. The summed E-state index contributed by atoms with van der Waals surface area (Å²) in [5, 5.41) is 9.79. The number of pyridine rings is 1. The highest BCUT2D eigenvalue weighted by atomic mass is 79.9. The molecule has 2 N–H and O–H groups in total. The molecule has 2 aliphatic heterocycles. The van der Waals surface area contributed by atoms with Crippen molar-refractivity contribution in [1.29, 1.82) is 5.26 Å². The molecule has 9 heteroatoms. The molecule has 2 aliphatic rings. The number of benzene rings is 1. The lowest BCUT2D eigenvalue weighted by molar-refractivity contribution is 0.174. The van der Waals surface area contributed by atoms with Crippen LogP contribution in [0.5, 0.6) is 17.2 Å². The lowest BCUT2D eigenvalue weighted by Crippen LogP contribution is -2.33. The van der Waals surface area contributed by atoms with E-state index in [9.17, 15) is 10.1 Å². The molecule has 0 bridgehead atoms. The van der Waals surface area contributed by atoms with E-state index >= 15 is 0 Å². The lowest BCUT2D eigenvalue weighted by Gasteiger charge is -2.28. The second-order valence-corrected chi connectivity index (χ2v) is 7.52. The van der Waals surface area contributed by atoms with Crippen LogP contribution >= 0.6 is 15.9 Å². The van der Waals surface area contributed by atoms with Crippen molar-refractivity contribution >= 4 is 15.9 Å². The van der Waals surface area contributed by atoms with Gasteiger partial charge in [-0.05, 0) is 24.6 Å². The van der Waals surface area contributed by atoms with Crippen molar-refractivity contribution in [2.45, 2.75) is 19.4 Å². The van der Waals surface area contributed by atoms with Crippen LogP contribution in [0.2, 0.25) is 0 Å². The zero-order valence-electron chi connectivity index (χ0n) is 15.8. The molecule has 8 nitrogen and oxygen atoms in total. The fourth-order valence-corrected chi connectivity index (χ4v) is 4.16. The minimum atomic E-state index is -0.713. The molecule has 3 heterocycles. The van der Waals surface area contributed by atoms with Crippen molar-refractivity contribution in [1.82, 2.24) is 4.57 Å². The quantitative estimate of drug-likeness (QED) is 0.747. The van der Waals surface area contributed by atoms with E-state index in [-0.39, 0.29) is 23.8 Å². The van der Waals surface area contributed by atoms with Gasteiger partial charge >= 0.3 is 0 Å². The number of nitrogens with zero attached hydrogens (tertiary/aromatic N) is 2. The topological polar surface area (TPSA) is 109 Å². The first-order valence-corrected chi connectivity index (χ1v) is 9.65. The monoisotopic (exact) mass is 459 g/mol. The van der Waals surface area contributed by atoms with E-state index in [2.05, 4.69) is 22.0 Å². The first kappa shape index (κ1) is 19.4. The van der Waals surface area contributed by atoms with Gasteiger partial charge in [-0.3, -0.25) is 4.79 Å². The average Bonchev–Trinajstić information content (AvgIpc) is 3.13. The highest BCUT2D eigenvalue weighted by molar-refractivity contribution is 9.10. The molecule has 1 aromatic carbocycles. The number of methoxy groups -OCH3 is 1. The predicted octanol–water partition coefficient (Wildman–Crippen LogP) is 2.51. The zero-order chi connectivity index (χ0) is 20.7. The van der Waals surface area contributed by atoms with Crippen molar-refractivity contribution in [2.24, 2.45) is 5.73 Å². The Labute approximate surface area is 175 Å². The van der Waals surface area contributed by atoms with Gasteiger partial charge in [0.05, 0.1) is 18.1 Å². The second kappa shape index (κ2) is 7.46.